The largest absolute Gasteiger partial charge is 0.492 e. The van der Waals surface area contributed by atoms with E-state index in [1.165, 1.54) is 0 Å². The quantitative estimate of drug-likeness (QED) is 0.542. The SMILES string of the molecule is C[C@]1(N2CCN([C@H](CO)c3ccc(C#N)cc3)C[C@H]2c2ccc(Cl)cc2)CC=C(OCCO)C=C1C#N. The Kier molecular flexibility index (Phi) is 8.66. The smallest absolute Gasteiger partial charge is 0.116 e. The molecule has 3 atom stereocenters. The zero-order valence-electron chi connectivity index (χ0n) is 20.8. The van der Waals surface area contributed by atoms with Crippen molar-refractivity contribution in [1.82, 2.24) is 9.80 Å². The molecule has 1 saturated heterocycles. The molecule has 2 aromatic carbocycles. The van der Waals surface area contributed by atoms with Crippen molar-refractivity contribution in [3.05, 3.63) is 93.7 Å². The molecule has 2 N–H and O–H groups in total. The summed E-state index contributed by atoms with van der Waals surface area (Å²) in [6.07, 6.45) is 4.35. The molecule has 192 valence electrons. The van der Waals surface area contributed by atoms with Crippen molar-refractivity contribution < 1.29 is 14.9 Å². The van der Waals surface area contributed by atoms with Gasteiger partial charge in [0.15, 0.2) is 0 Å². The normalized spacial score (nSPS) is 23.4. The first kappa shape index (κ1) is 26.9. The number of ether oxygens (including phenoxy) is 1. The Hall–Kier alpha value is -3.17. The summed E-state index contributed by atoms with van der Waals surface area (Å²) in [6.45, 7) is 4.15. The highest BCUT2D eigenvalue weighted by atomic mass is 35.5. The number of allylic oxidation sites excluding steroid dienone is 1. The number of benzene rings is 2. The molecule has 0 amide bonds. The number of aliphatic hydroxyl groups is 2. The lowest BCUT2D eigenvalue weighted by molar-refractivity contribution is -0.0162. The Morgan fingerprint density at radius 3 is 2.43 bits per heavy atom. The van der Waals surface area contributed by atoms with Gasteiger partial charge in [-0.2, -0.15) is 10.5 Å². The molecule has 1 aliphatic carbocycles. The number of nitriles is 2. The summed E-state index contributed by atoms with van der Waals surface area (Å²) < 4.78 is 5.59. The molecule has 2 aliphatic rings. The van der Waals surface area contributed by atoms with Crippen molar-refractivity contribution in [2.75, 3.05) is 39.5 Å². The molecule has 4 rings (SSSR count). The van der Waals surface area contributed by atoms with Crippen LogP contribution in [0.15, 0.2) is 72.0 Å². The highest BCUT2D eigenvalue weighted by Crippen LogP contribution is 2.42. The molecule has 7 nitrogen and oxygen atoms in total. The summed E-state index contributed by atoms with van der Waals surface area (Å²) in [7, 11) is 0. The molecule has 8 heteroatoms. The van der Waals surface area contributed by atoms with Crippen molar-refractivity contribution in [2.24, 2.45) is 0 Å². The summed E-state index contributed by atoms with van der Waals surface area (Å²) in [5.41, 5.74) is 2.68. The van der Waals surface area contributed by atoms with Gasteiger partial charge in [-0.05, 0) is 60.9 Å². The van der Waals surface area contributed by atoms with Gasteiger partial charge in [0.2, 0.25) is 0 Å². The Morgan fingerprint density at radius 2 is 1.81 bits per heavy atom. The molecule has 2 aromatic rings. The third kappa shape index (κ3) is 5.72. The average molecular weight is 519 g/mol. The lowest BCUT2D eigenvalue weighted by Crippen LogP contribution is -2.58. The number of halogens is 1. The van der Waals surface area contributed by atoms with Gasteiger partial charge in [0.1, 0.15) is 12.4 Å². The zero-order chi connectivity index (χ0) is 26.4. The first-order valence-corrected chi connectivity index (χ1v) is 12.7. The molecule has 37 heavy (non-hydrogen) atoms. The van der Waals surface area contributed by atoms with Crippen LogP contribution in [0.1, 0.15) is 42.1 Å². The minimum atomic E-state index is -0.555. The first-order valence-electron chi connectivity index (χ1n) is 12.4. The van der Waals surface area contributed by atoms with Crippen LogP contribution in [0.4, 0.5) is 0 Å². The minimum absolute atomic E-state index is 0.0475. The average Bonchev–Trinajstić information content (AvgIpc) is 2.93. The van der Waals surface area contributed by atoms with Crippen molar-refractivity contribution in [1.29, 1.82) is 10.5 Å². The Labute approximate surface area is 223 Å². The van der Waals surface area contributed by atoms with Gasteiger partial charge in [0.05, 0.1) is 48.1 Å². The molecule has 1 heterocycles. The second kappa shape index (κ2) is 11.9. The van der Waals surface area contributed by atoms with Gasteiger partial charge in [0, 0.05) is 30.7 Å². The van der Waals surface area contributed by atoms with E-state index in [9.17, 15) is 10.4 Å². The third-order valence-electron chi connectivity index (χ3n) is 7.39. The van der Waals surface area contributed by atoms with E-state index in [0.717, 1.165) is 11.1 Å². The lowest BCUT2D eigenvalue weighted by Gasteiger charge is -2.52. The summed E-state index contributed by atoms with van der Waals surface area (Å²) in [5, 5.41) is 39.4. The summed E-state index contributed by atoms with van der Waals surface area (Å²) >= 11 is 6.20. The molecule has 1 fully saturated rings. The second-order valence-electron chi connectivity index (χ2n) is 9.51. The van der Waals surface area contributed by atoms with Gasteiger partial charge >= 0.3 is 0 Å². The van der Waals surface area contributed by atoms with Gasteiger partial charge in [-0.3, -0.25) is 9.80 Å². The molecule has 1 aliphatic heterocycles. The monoisotopic (exact) mass is 518 g/mol. The van der Waals surface area contributed by atoms with Crippen molar-refractivity contribution in [3.63, 3.8) is 0 Å². The van der Waals surface area contributed by atoms with Crippen LogP contribution in [-0.4, -0.2) is 65.0 Å². The van der Waals surface area contributed by atoms with Gasteiger partial charge in [-0.1, -0.05) is 35.9 Å². The molecule has 0 bridgehead atoms. The lowest BCUT2D eigenvalue weighted by atomic mass is 9.80. The highest BCUT2D eigenvalue weighted by Gasteiger charge is 2.44. The van der Waals surface area contributed by atoms with E-state index < -0.39 is 5.54 Å². The van der Waals surface area contributed by atoms with Gasteiger partial charge in [-0.15, -0.1) is 0 Å². The molecule has 0 aromatic heterocycles. The predicted octanol–water partition coefficient (Wildman–Crippen LogP) is 4.11. The van der Waals surface area contributed by atoms with Crippen LogP contribution in [0.3, 0.4) is 0 Å². The van der Waals surface area contributed by atoms with Crippen LogP contribution < -0.4 is 0 Å². The molecular formula is C29H31ClN4O3. The summed E-state index contributed by atoms with van der Waals surface area (Å²) in [6, 6.07) is 19.4. The molecular weight excluding hydrogens is 488 g/mol. The van der Waals surface area contributed by atoms with Crippen molar-refractivity contribution in [2.45, 2.75) is 31.0 Å². The number of hydrogen-bond donors (Lipinski definition) is 2. The highest BCUT2D eigenvalue weighted by molar-refractivity contribution is 6.30. The number of aliphatic hydroxyl groups excluding tert-OH is 2. The van der Waals surface area contributed by atoms with E-state index in [-0.39, 0.29) is 31.9 Å². The zero-order valence-corrected chi connectivity index (χ0v) is 21.6. The Bertz CT molecular complexity index is 1230. The van der Waals surface area contributed by atoms with Gasteiger partial charge < -0.3 is 14.9 Å². The Morgan fingerprint density at radius 1 is 1.08 bits per heavy atom. The van der Waals surface area contributed by atoms with E-state index in [0.29, 0.717) is 48.0 Å². The predicted molar refractivity (Wildman–Crippen MR) is 141 cm³/mol. The third-order valence-corrected chi connectivity index (χ3v) is 7.64. The number of rotatable bonds is 8. The fourth-order valence-electron chi connectivity index (χ4n) is 5.31. The van der Waals surface area contributed by atoms with Gasteiger partial charge in [0.25, 0.3) is 0 Å². The van der Waals surface area contributed by atoms with Crippen LogP contribution in [0.25, 0.3) is 0 Å². The summed E-state index contributed by atoms with van der Waals surface area (Å²) in [4.78, 5) is 4.64. The standard InChI is InChI=1S/C29H31ClN4O3/c1-29(11-10-26(37-15-14-35)16-24(29)18-32)34-13-12-33(19-27(34)22-6-8-25(30)9-7-22)28(20-36)23-4-2-21(17-31)3-5-23/h2-10,16,27-28,35-36H,11-15,19-20H2,1H3/t27-,28+,29-/m0/s1. The first-order chi connectivity index (χ1) is 17.9. The maximum absolute atomic E-state index is 10.4. The summed E-state index contributed by atoms with van der Waals surface area (Å²) in [5.74, 6) is 0.603. The number of piperazine rings is 1. The fourth-order valence-corrected chi connectivity index (χ4v) is 5.44. The minimum Gasteiger partial charge on any atom is -0.492 e. The van der Waals surface area contributed by atoms with Crippen LogP contribution in [0.2, 0.25) is 5.02 Å². The fraction of sp³-hybridized carbons (Fsp3) is 0.379. The van der Waals surface area contributed by atoms with E-state index in [4.69, 9.17) is 26.7 Å². The molecule has 0 unspecified atom stereocenters. The molecule has 0 radical (unpaired) electrons. The van der Waals surface area contributed by atoms with Gasteiger partial charge in [-0.25, -0.2) is 0 Å². The van der Waals surface area contributed by atoms with Crippen LogP contribution in [0, 0.1) is 22.7 Å². The van der Waals surface area contributed by atoms with Crippen LogP contribution in [0.5, 0.6) is 0 Å². The maximum Gasteiger partial charge on any atom is 0.116 e. The molecule has 0 saturated carbocycles. The van der Waals surface area contributed by atoms with E-state index in [1.54, 1.807) is 18.2 Å². The topological polar surface area (TPSA) is 104 Å². The van der Waals surface area contributed by atoms with Crippen LogP contribution >= 0.6 is 11.6 Å². The van der Waals surface area contributed by atoms with Crippen molar-refractivity contribution in [3.8, 4) is 12.1 Å². The maximum atomic E-state index is 10.4. The Balaban J connectivity index is 1.66. The second-order valence-corrected chi connectivity index (χ2v) is 9.95. The van der Waals surface area contributed by atoms with Crippen molar-refractivity contribution >= 4 is 11.6 Å². The van der Waals surface area contributed by atoms with Crippen LogP contribution in [-0.2, 0) is 4.74 Å². The van der Waals surface area contributed by atoms with E-state index in [2.05, 4.69) is 28.9 Å². The van der Waals surface area contributed by atoms with E-state index >= 15 is 0 Å². The van der Waals surface area contributed by atoms with E-state index in [1.807, 2.05) is 42.5 Å². The number of hydrogen-bond acceptors (Lipinski definition) is 7. The molecule has 0 spiro atoms. The number of nitrogens with zero attached hydrogens (tertiary/aromatic N) is 4.